The highest BCUT2D eigenvalue weighted by atomic mass is 32.1. The van der Waals surface area contributed by atoms with E-state index in [9.17, 15) is 0 Å². The van der Waals surface area contributed by atoms with E-state index in [1.807, 2.05) is 12.3 Å². The number of rotatable bonds is 3. The molecular weight excluding hydrogens is 192 g/mol. The van der Waals surface area contributed by atoms with Crippen molar-refractivity contribution >= 4 is 11.5 Å². The predicted octanol–water partition coefficient (Wildman–Crippen LogP) is 2.19. The minimum atomic E-state index is 0.582. The molecule has 0 fully saturated rings. The number of benzene rings is 1. The second-order valence-corrected chi connectivity index (χ2v) is 4.03. The molecule has 2 rings (SSSR count). The molecule has 0 aliphatic rings. The number of aromatic nitrogens is 1. The maximum absolute atomic E-state index is 5.62. The molecule has 0 saturated heterocycles. The van der Waals surface area contributed by atoms with Gasteiger partial charge in [-0.05, 0) is 22.7 Å². The molecule has 1 aromatic heterocycles. The van der Waals surface area contributed by atoms with E-state index in [1.54, 1.807) is 0 Å². The van der Waals surface area contributed by atoms with Crippen LogP contribution in [0, 0.1) is 0 Å². The number of hydrogen-bond acceptors (Lipinski definition) is 3. The molecule has 1 aromatic carbocycles. The molecule has 14 heavy (non-hydrogen) atoms. The highest BCUT2D eigenvalue weighted by Crippen LogP contribution is 2.17. The van der Waals surface area contributed by atoms with Gasteiger partial charge in [0.1, 0.15) is 0 Å². The van der Waals surface area contributed by atoms with Crippen molar-refractivity contribution in [2.24, 2.45) is 5.73 Å². The Morgan fingerprint density at radius 1 is 1.21 bits per heavy atom. The molecule has 1 heterocycles. The van der Waals surface area contributed by atoms with Gasteiger partial charge < -0.3 is 5.73 Å². The molecule has 2 aromatic rings. The van der Waals surface area contributed by atoms with Crippen LogP contribution in [-0.4, -0.2) is 4.37 Å². The Bertz CT molecular complexity index is 395. The van der Waals surface area contributed by atoms with E-state index < -0.39 is 0 Å². The zero-order valence-electron chi connectivity index (χ0n) is 7.81. The second-order valence-electron chi connectivity index (χ2n) is 3.14. The summed E-state index contributed by atoms with van der Waals surface area (Å²) in [6.45, 7) is 0.582. The van der Waals surface area contributed by atoms with Crippen molar-refractivity contribution in [3.8, 4) is 0 Å². The molecule has 0 spiro atoms. The van der Waals surface area contributed by atoms with Crippen molar-refractivity contribution in [1.82, 2.24) is 4.37 Å². The topological polar surface area (TPSA) is 38.9 Å². The first-order chi connectivity index (χ1) is 6.90. The van der Waals surface area contributed by atoms with Gasteiger partial charge in [0.15, 0.2) is 0 Å². The van der Waals surface area contributed by atoms with Crippen LogP contribution in [0.5, 0.6) is 0 Å². The molecule has 0 aliphatic carbocycles. The normalized spacial score (nSPS) is 10.4. The summed E-state index contributed by atoms with van der Waals surface area (Å²) in [5.41, 5.74) is 8.09. The smallest absolute Gasteiger partial charge is 0.0454 e. The van der Waals surface area contributed by atoms with Crippen molar-refractivity contribution in [2.45, 2.75) is 13.0 Å². The quantitative estimate of drug-likeness (QED) is 0.832. The fourth-order valence-electron chi connectivity index (χ4n) is 1.38. The lowest BCUT2D eigenvalue weighted by Crippen LogP contribution is -1.98. The van der Waals surface area contributed by atoms with Crippen LogP contribution in [0.1, 0.15) is 16.0 Å². The Kier molecular flexibility index (Phi) is 2.91. The second kappa shape index (κ2) is 4.35. The SMILES string of the molecule is NCc1cnsc1Cc1ccccc1. The van der Waals surface area contributed by atoms with Crippen LogP contribution in [0.15, 0.2) is 36.5 Å². The van der Waals surface area contributed by atoms with Gasteiger partial charge in [0.05, 0.1) is 0 Å². The van der Waals surface area contributed by atoms with Gasteiger partial charge in [-0.3, -0.25) is 0 Å². The van der Waals surface area contributed by atoms with Gasteiger partial charge in [-0.2, -0.15) is 0 Å². The Hall–Kier alpha value is -1.19. The Labute approximate surface area is 87.6 Å². The van der Waals surface area contributed by atoms with Gasteiger partial charge in [0.2, 0.25) is 0 Å². The van der Waals surface area contributed by atoms with E-state index >= 15 is 0 Å². The highest BCUT2D eigenvalue weighted by molar-refractivity contribution is 7.05. The first-order valence-electron chi connectivity index (χ1n) is 4.56. The third-order valence-corrected chi connectivity index (χ3v) is 2.99. The van der Waals surface area contributed by atoms with Crippen molar-refractivity contribution < 1.29 is 0 Å². The van der Waals surface area contributed by atoms with Gasteiger partial charge in [0, 0.05) is 24.0 Å². The molecule has 0 aliphatic heterocycles. The van der Waals surface area contributed by atoms with E-state index in [-0.39, 0.29) is 0 Å². The first kappa shape index (κ1) is 9.37. The highest BCUT2D eigenvalue weighted by Gasteiger charge is 2.04. The molecule has 0 atom stereocenters. The number of nitrogens with zero attached hydrogens (tertiary/aromatic N) is 1. The largest absolute Gasteiger partial charge is 0.326 e. The van der Waals surface area contributed by atoms with E-state index in [0.29, 0.717) is 6.54 Å². The maximum atomic E-state index is 5.62. The lowest BCUT2D eigenvalue weighted by molar-refractivity contribution is 1.04. The van der Waals surface area contributed by atoms with Crippen molar-refractivity contribution in [3.63, 3.8) is 0 Å². The molecule has 0 bridgehead atoms. The van der Waals surface area contributed by atoms with Gasteiger partial charge in [-0.15, -0.1) is 0 Å². The van der Waals surface area contributed by atoms with Gasteiger partial charge in [-0.1, -0.05) is 30.3 Å². The summed E-state index contributed by atoms with van der Waals surface area (Å²) in [5.74, 6) is 0. The van der Waals surface area contributed by atoms with Gasteiger partial charge in [0.25, 0.3) is 0 Å². The van der Waals surface area contributed by atoms with Crippen molar-refractivity contribution in [2.75, 3.05) is 0 Å². The molecular formula is C11H12N2S. The fourth-order valence-corrected chi connectivity index (χ4v) is 2.17. The van der Waals surface area contributed by atoms with E-state index in [4.69, 9.17) is 5.73 Å². The van der Waals surface area contributed by atoms with Crippen LogP contribution in [0.3, 0.4) is 0 Å². The molecule has 2 N–H and O–H groups in total. The molecule has 3 heteroatoms. The van der Waals surface area contributed by atoms with Crippen LogP contribution in [0.25, 0.3) is 0 Å². The standard InChI is InChI=1S/C11H12N2S/c12-7-10-8-13-14-11(10)6-9-4-2-1-3-5-9/h1-5,8H,6-7,12H2. The Balaban J connectivity index is 2.19. The summed E-state index contributed by atoms with van der Waals surface area (Å²) >= 11 is 1.54. The van der Waals surface area contributed by atoms with Gasteiger partial charge >= 0.3 is 0 Å². The zero-order chi connectivity index (χ0) is 9.80. The van der Waals surface area contributed by atoms with Crippen molar-refractivity contribution in [3.05, 3.63) is 52.5 Å². The lowest BCUT2D eigenvalue weighted by Gasteiger charge is -1.99. The van der Waals surface area contributed by atoms with Gasteiger partial charge in [-0.25, -0.2) is 4.37 Å². The van der Waals surface area contributed by atoms with Crippen LogP contribution >= 0.6 is 11.5 Å². The minimum Gasteiger partial charge on any atom is -0.326 e. The van der Waals surface area contributed by atoms with E-state index in [2.05, 4.69) is 28.6 Å². The van der Waals surface area contributed by atoms with E-state index in [1.165, 1.54) is 27.5 Å². The molecule has 2 nitrogen and oxygen atoms in total. The first-order valence-corrected chi connectivity index (χ1v) is 5.34. The third kappa shape index (κ3) is 2.00. The van der Waals surface area contributed by atoms with Crippen LogP contribution in [-0.2, 0) is 13.0 Å². The van der Waals surface area contributed by atoms with Crippen LogP contribution in [0.4, 0.5) is 0 Å². The molecule has 72 valence electrons. The Morgan fingerprint density at radius 2 is 2.00 bits per heavy atom. The minimum absolute atomic E-state index is 0.582. The predicted molar refractivity (Wildman–Crippen MR) is 59.3 cm³/mol. The monoisotopic (exact) mass is 204 g/mol. The summed E-state index contributed by atoms with van der Waals surface area (Å²) in [7, 11) is 0. The van der Waals surface area contributed by atoms with Crippen LogP contribution < -0.4 is 5.73 Å². The van der Waals surface area contributed by atoms with E-state index in [0.717, 1.165) is 6.42 Å². The average molecular weight is 204 g/mol. The summed E-state index contributed by atoms with van der Waals surface area (Å²) in [6, 6.07) is 10.4. The lowest BCUT2D eigenvalue weighted by atomic mass is 10.1. The summed E-state index contributed by atoms with van der Waals surface area (Å²) < 4.78 is 4.15. The zero-order valence-corrected chi connectivity index (χ0v) is 8.63. The molecule has 0 unspecified atom stereocenters. The Morgan fingerprint density at radius 3 is 2.71 bits per heavy atom. The number of hydrogen-bond donors (Lipinski definition) is 1. The molecule has 0 saturated carbocycles. The third-order valence-electron chi connectivity index (χ3n) is 2.16. The summed E-state index contributed by atoms with van der Waals surface area (Å²) in [4.78, 5) is 1.28. The van der Waals surface area contributed by atoms with Crippen LogP contribution in [0.2, 0.25) is 0 Å². The van der Waals surface area contributed by atoms with Crippen molar-refractivity contribution in [1.29, 1.82) is 0 Å². The summed E-state index contributed by atoms with van der Waals surface area (Å²) in [6.07, 6.45) is 2.81. The molecule has 0 radical (unpaired) electrons. The number of nitrogens with two attached hydrogens (primary N) is 1. The maximum Gasteiger partial charge on any atom is 0.0454 e. The summed E-state index contributed by atoms with van der Waals surface area (Å²) in [5, 5.41) is 0. The fraction of sp³-hybridized carbons (Fsp3) is 0.182. The average Bonchev–Trinajstić information content (AvgIpc) is 2.67. The molecule has 0 amide bonds.